The molecule has 0 radical (unpaired) electrons. The molecule has 0 aromatic heterocycles. The third kappa shape index (κ3) is 8.68. The third-order valence-electron chi connectivity index (χ3n) is 5.12. The zero-order valence-corrected chi connectivity index (χ0v) is 17.4. The summed E-state index contributed by atoms with van der Waals surface area (Å²) in [6.07, 6.45) is 12.3. The van der Waals surface area contributed by atoms with Crippen LogP contribution in [0.4, 0.5) is 5.69 Å². The molecular formula is C23H35N3O2. The summed E-state index contributed by atoms with van der Waals surface area (Å²) in [5, 5.41) is 7.12. The van der Waals surface area contributed by atoms with E-state index in [9.17, 15) is 9.59 Å². The van der Waals surface area contributed by atoms with Gasteiger partial charge in [-0.05, 0) is 43.9 Å². The van der Waals surface area contributed by atoms with Crippen molar-refractivity contribution >= 4 is 23.2 Å². The zero-order valence-electron chi connectivity index (χ0n) is 17.4. The molecule has 2 N–H and O–H groups in total. The highest BCUT2D eigenvalue weighted by Crippen LogP contribution is 2.30. The molecule has 2 amide bonds. The monoisotopic (exact) mass is 385 g/mol. The Morgan fingerprint density at radius 1 is 0.964 bits per heavy atom. The molecule has 5 heteroatoms. The van der Waals surface area contributed by atoms with Gasteiger partial charge in [0.25, 0.3) is 0 Å². The lowest BCUT2D eigenvalue weighted by molar-refractivity contribution is -0.121. The van der Waals surface area contributed by atoms with Crippen LogP contribution >= 0.6 is 0 Å². The summed E-state index contributed by atoms with van der Waals surface area (Å²) >= 11 is 0. The van der Waals surface area contributed by atoms with Crippen molar-refractivity contribution in [1.82, 2.24) is 5.43 Å². The van der Waals surface area contributed by atoms with Crippen LogP contribution in [0, 0.1) is 5.92 Å². The lowest BCUT2D eigenvalue weighted by atomic mass is 10.1. The van der Waals surface area contributed by atoms with E-state index in [-0.39, 0.29) is 17.7 Å². The van der Waals surface area contributed by atoms with E-state index in [1.807, 2.05) is 31.2 Å². The van der Waals surface area contributed by atoms with Crippen LogP contribution in [0.1, 0.15) is 90.0 Å². The van der Waals surface area contributed by atoms with Gasteiger partial charge >= 0.3 is 0 Å². The number of carbonyl (C=O) groups excluding carboxylic acids is 2. The molecule has 1 saturated carbocycles. The molecular weight excluding hydrogens is 350 g/mol. The van der Waals surface area contributed by atoms with Gasteiger partial charge in [0, 0.05) is 18.0 Å². The lowest BCUT2D eigenvalue weighted by Crippen LogP contribution is -2.18. The number of rotatable bonds is 13. The zero-order chi connectivity index (χ0) is 20.2. The molecule has 28 heavy (non-hydrogen) atoms. The Morgan fingerprint density at radius 2 is 1.57 bits per heavy atom. The second-order valence-corrected chi connectivity index (χ2v) is 7.80. The molecule has 1 aromatic carbocycles. The summed E-state index contributed by atoms with van der Waals surface area (Å²) < 4.78 is 0. The molecule has 154 valence electrons. The predicted molar refractivity (Wildman–Crippen MR) is 115 cm³/mol. The van der Waals surface area contributed by atoms with E-state index in [2.05, 4.69) is 22.8 Å². The third-order valence-corrected chi connectivity index (χ3v) is 5.12. The fourth-order valence-corrected chi connectivity index (χ4v) is 3.07. The van der Waals surface area contributed by atoms with E-state index in [1.165, 1.54) is 38.5 Å². The fraction of sp³-hybridized carbons (Fsp3) is 0.609. The number of benzene rings is 1. The number of amides is 2. The lowest BCUT2D eigenvalue weighted by Gasteiger charge is -2.06. The highest BCUT2D eigenvalue weighted by atomic mass is 16.2. The van der Waals surface area contributed by atoms with Crippen molar-refractivity contribution in [3.8, 4) is 0 Å². The van der Waals surface area contributed by atoms with Gasteiger partial charge in [-0.1, -0.05) is 64.0 Å². The van der Waals surface area contributed by atoms with Crippen LogP contribution in [0.3, 0.4) is 0 Å². The Hall–Kier alpha value is -2.17. The van der Waals surface area contributed by atoms with Crippen molar-refractivity contribution in [1.29, 1.82) is 0 Å². The first kappa shape index (κ1) is 22.1. The normalized spacial score (nSPS) is 14.0. The first-order chi connectivity index (χ1) is 13.6. The van der Waals surface area contributed by atoms with Gasteiger partial charge in [0.05, 0.1) is 5.71 Å². The van der Waals surface area contributed by atoms with Crippen LogP contribution in [-0.4, -0.2) is 17.5 Å². The molecule has 1 fully saturated rings. The van der Waals surface area contributed by atoms with E-state index in [4.69, 9.17) is 0 Å². The number of nitrogens with one attached hydrogen (secondary N) is 2. The molecule has 0 atom stereocenters. The molecule has 0 bridgehead atoms. The highest BCUT2D eigenvalue weighted by molar-refractivity contribution is 6.00. The number of hydrazone groups is 1. The summed E-state index contributed by atoms with van der Waals surface area (Å²) in [5.74, 6) is 0.268. The number of hydrogen-bond donors (Lipinski definition) is 2. The van der Waals surface area contributed by atoms with Gasteiger partial charge in [0.2, 0.25) is 11.8 Å². The van der Waals surface area contributed by atoms with Gasteiger partial charge in [-0.25, -0.2) is 5.43 Å². The number of anilines is 1. The van der Waals surface area contributed by atoms with Crippen LogP contribution in [-0.2, 0) is 9.59 Å². The van der Waals surface area contributed by atoms with E-state index >= 15 is 0 Å². The number of carbonyl (C=O) groups is 2. The van der Waals surface area contributed by atoms with E-state index in [0.29, 0.717) is 6.42 Å². The molecule has 0 spiro atoms. The van der Waals surface area contributed by atoms with Gasteiger partial charge in [-0.2, -0.15) is 5.10 Å². The molecule has 1 aromatic rings. The van der Waals surface area contributed by atoms with E-state index in [0.717, 1.165) is 42.6 Å². The summed E-state index contributed by atoms with van der Waals surface area (Å²) in [4.78, 5) is 23.7. The molecule has 0 aliphatic heterocycles. The minimum atomic E-state index is -0.0290. The maximum absolute atomic E-state index is 11.9. The van der Waals surface area contributed by atoms with Crippen molar-refractivity contribution in [2.24, 2.45) is 11.0 Å². The number of nitrogens with zero attached hydrogens (tertiary/aromatic N) is 1. The van der Waals surface area contributed by atoms with Gasteiger partial charge in [-0.15, -0.1) is 0 Å². The molecule has 1 aliphatic rings. The second-order valence-electron chi connectivity index (χ2n) is 7.80. The standard InChI is InChI=1S/C23H35N3O2/c1-3-4-5-6-7-8-9-10-11-22(27)26-25-18(2)19-14-16-21(17-15-19)24-23(28)20-12-13-20/h14-17,20H,3-13H2,1-2H3,(H,24,28)(H,26,27)/b25-18-. The van der Waals surface area contributed by atoms with Crippen LogP contribution in [0.5, 0.6) is 0 Å². The van der Waals surface area contributed by atoms with Crippen molar-refractivity contribution in [3.05, 3.63) is 29.8 Å². The molecule has 0 heterocycles. The summed E-state index contributed by atoms with van der Waals surface area (Å²) in [6, 6.07) is 7.56. The van der Waals surface area contributed by atoms with Gasteiger partial charge in [0.1, 0.15) is 0 Å². The number of hydrogen-bond acceptors (Lipinski definition) is 3. The summed E-state index contributed by atoms with van der Waals surface area (Å²) in [5.41, 5.74) is 5.13. The van der Waals surface area contributed by atoms with Gasteiger partial charge in [-0.3, -0.25) is 9.59 Å². The average Bonchev–Trinajstić information content (AvgIpc) is 3.54. The van der Waals surface area contributed by atoms with E-state index in [1.54, 1.807) is 0 Å². The largest absolute Gasteiger partial charge is 0.326 e. The molecule has 5 nitrogen and oxygen atoms in total. The van der Waals surface area contributed by atoms with Crippen molar-refractivity contribution < 1.29 is 9.59 Å². The van der Waals surface area contributed by atoms with Crippen LogP contribution in [0.15, 0.2) is 29.4 Å². The quantitative estimate of drug-likeness (QED) is 0.271. The van der Waals surface area contributed by atoms with Gasteiger partial charge < -0.3 is 5.32 Å². The van der Waals surface area contributed by atoms with Crippen LogP contribution in [0.2, 0.25) is 0 Å². The minimum Gasteiger partial charge on any atom is -0.326 e. The molecule has 1 aliphatic carbocycles. The van der Waals surface area contributed by atoms with E-state index < -0.39 is 0 Å². The Morgan fingerprint density at radius 3 is 2.18 bits per heavy atom. The van der Waals surface area contributed by atoms with Crippen LogP contribution < -0.4 is 10.7 Å². The second kappa shape index (κ2) is 12.3. The fourth-order valence-electron chi connectivity index (χ4n) is 3.07. The molecule has 2 rings (SSSR count). The van der Waals surface area contributed by atoms with Gasteiger partial charge in [0.15, 0.2) is 0 Å². The maximum atomic E-state index is 11.9. The Balaban J connectivity index is 1.62. The smallest absolute Gasteiger partial charge is 0.240 e. The topological polar surface area (TPSA) is 70.6 Å². The minimum absolute atomic E-state index is 0.0290. The van der Waals surface area contributed by atoms with Crippen molar-refractivity contribution in [3.63, 3.8) is 0 Å². The predicted octanol–water partition coefficient (Wildman–Crippen LogP) is 5.41. The van der Waals surface area contributed by atoms with Crippen molar-refractivity contribution in [2.75, 3.05) is 5.32 Å². The Kier molecular flexibility index (Phi) is 9.73. The first-order valence-corrected chi connectivity index (χ1v) is 10.8. The Labute approximate surface area is 169 Å². The SMILES string of the molecule is CCCCCCCCCCC(=O)N/N=C(/C)c1ccc(NC(=O)C2CC2)cc1. The first-order valence-electron chi connectivity index (χ1n) is 10.8. The summed E-state index contributed by atoms with van der Waals surface area (Å²) in [7, 11) is 0. The highest BCUT2D eigenvalue weighted by Gasteiger charge is 2.29. The maximum Gasteiger partial charge on any atom is 0.240 e. The molecule has 0 saturated heterocycles. The number of unbranched alkanes of at least 4 members (excludes halogenated alkanes) is 7. The molecule has 0 unspecified atom stereocenters. The Bertz CT molecular complexity index is 648. The average molecular weight is 386 g/mol. The summed E-state index contributed by atoms with van der Waals surface area (Å²) in [6.45, 7) is 4.10. The van der Waals surface area contributed by atoms with Crippen LogP contribution in [0.25, 0.3) is 0 Å². The van der Waals surface area contributed by atoms with Crippen molar-refractivity contribution in [2.45, 2.75) is 84.5 Å².